The molecule has 10 aromatic heterocycles. The molecule has 22 rings (SSSR count). The number of aromatic nitrogens is 20. The van der Waals surface area contributed by atoms with Crippen molar-refractivity contribution in [3.8, 4) is 35.8 Å². The molecule has 0 unspecified atom stereocenters. The van der Waals surface area contributed by atoms with Gasteiger partial charge in [0.15, 0.2) is 62.8 Å². The van der Waals surface area contributed by atoms with Crippen LogP contribution in [0.3, 0.4) is 0 Å². The van der Waals surface area contributed by atoms with Crippen molar-refractivity contribution in [2.75, 3.05) is 162 Å². The fraction of sp³-hybridized carbons (Fsp3) is 0.481. The minimum absolute atomic E-state index is 0.107. The molecule has 43 nitrogen and oxygen atoms in total. The Kier molecular flexibility index (Phi) is 35.5. The number of hydrogen-bond acceptors (Lipinski definition) is 34. The molecular weight excluding hydrogens is 1940 g/mol. The van der Waals surface area contributed by atoms with Gasteiger partial charge in [-0.05, 0) is 256 Å². The molecule has 0 radical (unpaired) electrons. The number of nitrogens with one attached hydrogen (secondary N) is 4. The number of imidazole rings is 5. The van der Waals surface area contributed by atoms with Crippen LogP contribution >= 0.6 is 11.6 Å². The first kappa shape index (κ1) is 106. The number of ether oxygens (including phenoxy) is 8. The quantitative estimate of drug-likeness (QED) is 0.0160. The fourth-order valence-electron chi connectivity index (χ4n) is 19.9. The number of aliphatic hydroxyl groups is 1. The summed E-state index contributed by atoms with van der Waals surface area (Å²) >= 11 is 6.42. The Morgan fingerprint density at radius 3 is 1.07 bits per heavy atom. The molecule has 0 bridgehead atoms. The molecule has 2 saturated carbocycles. The molecule has 2 aliphatic carbocycles. The summed E-state index contributed by atoms with van der Waals surface area (Å²) in [5, 5.41) is 9.61. The normalized spacial score (nSPS) is 15.7. The number of aliphatic hydroxyl groups excluding tert-OH is 1. The topological polar surface area (TPSA) is 538 Å². The molecule has 796 valence electrons. The zero-order valence-electron chi connectivity index (χ0n) is 85.9. The van der Waals surface area contributed by atoms with Crippen LogP contribution in [0.5, 0.6) is 35.8 Å². The van der Waals surface area contributed by atoms with Gasteiger partial charge in [-0.15, -0.1) is 0 Å². The van der Waals surface area contributed by atoms with Gasteiger partial charge < -0.3 is 96.2 Å². The number of anilines is 5. The first-order valence-corrected chi connectivity index (χ1v) is 52.6. The van der Waals surface area contributed by atoms with Crippen LogP contribution in [-0.4, -0.2) is 266 Å². The van der Waals surface area contributed by atoms with Gasteiger partial charge in [0.05, 0.1) is 66.3 Å². The van der Waals surface area contributed by atoms with Crippen molar-refractivity contribution in [1.82, 2.24) is 122 Å². The van der Waals surface area contributed by atoms with Crippen molar-refractivity contribution in [1.29, 1.82) is 0 Å². The van der Waals surface area contributed by atoms with E-state index in [4.69, 9.17) is 83.3 Å². The van der Waals surface area contributed by atoms with Crippen molar-refractivity contribution in [3.05, 3.63) is 218 Å². The van der Waals surface area contributed by atoms with Crippen molar-refractivity contribution >= 4 is 96.5 Å². The Labute approximate surface area is 871 Å². The second-order valence-electron chi connectivity index (χ2n) is 39.4. The summed E-state index contributed by atoms with van der Waals surface area (Å²) in [6.45, 7) is 22.6. The van der Waals surface area contributed by atoms with Crippen molar-refractivity contribution < 1.29 is 43.0 Å². The summed E-state index contributed by atoms with van der Waals surface area (Å²) in [6, 6.07) is 38.3. The first-order chi connectivity index (χ1) is 73.1. The molecule has 15 N–H and O–H groups in total. The third-order valence-corrected chi connectivity index (χ3v) is 28.6. The van der Waals surface area contributed by atoms with Gasteiger partial charge >= 0.3 is 52.8 Å². The third kappa shape index (κ3) is 27.0. The van der Waals surface area contributed by atoms with E-state index < -0.39 is 0 Å². The molecule has 5 aliphatic heterocycles. The summed E-state index contributed by atoms with van der Waals surface area (Å²) in [5.74, 6) is 3.48. The monoisotopic (exact) mass is 2070 g/mol. The Hall–Kier alpha value is -14.2. The lowest BCUT2D eigenvalue weighted by atomic mass is 9.86. The number of nitrogens with two attached hydrogens (primary N) is 5. The summed E-state index contributed by atoms with van der Waals surface area (Å²) in [6.07, 6.45) is 21.0. The number of H-pyrrole nitrogens is 4. The number of methoxy groups -OCH3 is 3. The van der Waals surface area contributed by atoms with Gasteiger partial charge in [-0.1, -0.05) is 109 Å². The lowest BCUT2D eigenvalue weighted by Gasteiger charge is -2.25. The van der Waals surface area contributed by atoms with Crippen LogP contribution < -0.4 is 79.8 Å². The second-order valence-corrected chi connectivity index (χ2v) is 39.8. The highest BCUT2D eigenvalue weighted by atomic mass is 35.5. The molecule has 0 atom stereocenters. The number of hydrogen-bond donors (Lipinski definition) is 10. The Morgan fingerprint density at radius 2 is 0.687 bits per heavy atom. The Balaban J connectivity index is 0.000000122. The summed E-state index contributed by atoms with van der Waals surface area (Å²) < 4.78 is 52.0. The number of likely N-dealkylation sites (tertiary alicyclic amines) is 5. The highest BCUT2D eigenvalue weighted by Gasteiger charge is 2.29. The van der Waals surface area contributed by atoms with Gasteiger partial charge in [0.1, 0.15) is 53.0 Å². The van der Waals surface area contributed by atoms with Crippen molar-refractivity contribution in [2.24, 2.45) is 5.92 Å². The van der Waals surface area contributed by atoms with E-state index in [0.717, 1.165) is 160 Å². The smallest absolute Gasteiger partial charge is 0.328 e. The second kappa shape index (κ2) is 50.4. The predicted molar refractivity (Wildman–Crippen MR) is 574 cm³/mol. The standard InChI is InChI=1S/C23H30N6O.C21H28N6O4.C21H28N6O3.C21H26N6O2.C20H25ClN6O3/c1-16-25-20-21(24)26-23(30-15-17-6-4-7-17)27-22(20)29(16)14-19-9-5-8-18(12-19)13-28-10-2-3-11-28;1-29-9-10-31-20-24-18(22)17-19(25-20)27(21(28)23-17)12-14-5-6-16(30-2)15(11-14)13-26-7-3-4-8-26;22-18-17-19(25-20(24-18)30-11-4-3-10-28)27(21(29)23-17)14-16-7-5-6-15(12-16)13-26-8-1-2-9-26;22-18-17-19(25-20(24-18)29-16-7-4-8-16)27(21(28)23-17)13-15-6-3-5-14(11-15)12-26-9-1-2-10-26;1-29-8-9-30-19-24-17(22)16-18(25-19)27(20(28)23-16)11-13-4-5-15(21)14(10-13)12-26-6-2-3-7-26/h5,8-9,12,17H,2-4,6-7,10-11,13-15H2,1H3,(H2,24,26,27);5-6,11H,3-4,7-10,12-13H2,1-2H3,(H,23,28)(H2,22,24,25);5-7,12,28H,1-4,8-11,13-14H2,(H,23,29)(H2,22,24,25);3,5-6,11,16H,1-2,4,7-10,12-13H2,(H,23,28)(H2,22,24,25);4-5,10H,2-3,6-9,11-12H2,1H3,(H,23,28)(H2,22,24,25). The maximum absolute atomic E-state index is 12.6. The van der Waals surface area contributed by atoms with Crippen LogP contribution in [0, 0.1) is 12.8 Å². The van der Waals surface area contributed by atoms with E-state index in [2.05, 4.69) is 164 Å². The Bertz CT molecular complexity index is 7360. The fourth-order valence-corrected chi connectivity index (χ4v) is 20.1. The van der Waals surface area contributed by atoms with Gasteiger partial charge in [0.2, 0.25) is 0 Å². The number of halogens is 1. The summed E-state index contributed by atoms with van der Waals surface area (Å²) in [5.41, 5.74) is 45.2. The predicted octanol–water partition coefficient (Wildman–Crippen LogP) is 10.7. The van der Waals surface area contributed by atoms with Crippen LogP contribution in [0.1, 0.15) is 177 Å². The van der Waals surface area contributed by atoms with E-state index in [1.54, 1.807) is 30.5 Å². The molecule has 44 heteroatoms. The number of nitrogens with zero attached hydrogens (tertiary/aromatic N) is 21. The molecule has 0 spiro atoms. The van der Waals surface area contributed by atoms with E-state index in [-0.39, 0.29) is 96.0 Å². The van der Waals surface area contributed by atoms with Crippen LogP contribution in [-0.2, 0) is 74.9 Å². The van der Waals surface area contributed by atoms with Gasteiger partial charge in [-0.25, -0.2) is 24.2 Å². The molecule has 7 aliphatic rings. The van der Waals surface area contributed by atoms with E-state index in [1.165, 1.54) is 128 Å². The molecule has 7 fully saturated rings. The number of benzene rings is 5. The zero-order chi connectivity index (χ0) is 104. The van der Waals surface area contributed by atoms with Crippen LogP contribution in [0.2, 0.25) is 5.02 Å². The molecule has 5 aromatic carbocycles. The Morgan fingerprint density at radius 1 is 0.347 bits per heavy atom. The first-order valence-electron chi connectivity index (χ1n) is 52.2. The van der Waals surface area contributed by atoms with Crippen LogP contribution in [0.15, 0.2) is 128 Å². The number of fused-ring (bicyclic) bond motifs is 5. The SMILES string of the molecule is COCCOc1nc(N)c2[nH]c(=O)n(Cc3ccc(Cl)c(CN4CCCC4)c3)c2n1.COCCOc1nc(N)c2[nH]c(=O)n(Cc3ccc(OC)c(CN4CCCC4)c3)c2n1.Cc1nc2c(N)nc(OCC3CCC3)nc2n1Cc1cccc(CN2CCCC2)c1.Nc1nc(OC2CCC2)nc2c1[nH]c(=O)n2Cc1cccc(CN2CCCC2)c1.Nc1nc(OCCCCO)nc2c1[nH]c(=O)n2Cc1cccc(CN2CCCC2)c1. The minimum atomic E-state index is -0.309. The van der Waals surface area contributed by atoms with E-state index >= 15 is 0 Å². The van der Waals surface area contributed by atoms with Gasteiger partial charge in [-0.2, -0.15) is 49.8 Å². The minimum Gasteiger partial charge on any atom is -0.496 e. The maximum Gasteiger partial charge on any atom is 0.328 e. The number of aryl methyl sites for hydroxylation is 1. The van der Waals surface area contributed by atoms with E-state index in [1.807, 2.05) is 55.5 Å². The molecule has 0 amide bonds. The van der Waals surface area contributed by atoms with E-state index in [9.17, 15) is 19.2 Å². The number of aromatic amines is 4. The maximum atomic E-state index is 12.6. The lowest BCUT2D eigenvalue weighted by molar-refractivity contribution is 0.109. The molecule has 15 heterocycles. The van der Waals surface area contributed by atoms with Gasteiger partial charge in [-0.3, -0.25) is 42.8 Å². The van der Waals surface area contributed by atoms with Crippen LogP contribution in [0.25, 0.3) is 55.8 Å². The largest absolute Gasteiger partial charge is 0.496 e. The number of nitrogen functional groups attached to an aromatic ring is 5. The average molecular weight is 2070 g/mol. The van der Waals surface area contributed by atoms with Gasteiger partial charge in [0, 0.05) is 64.1 Å². The molecule has 15 aromatic rings. The molecule has 150 heavy (non-hydrogen) atoms. The average Bonchev–Trinajstić information content (AvgIpc) is 1.65. The highest BCUT2D eigenvalue weighted by Crippen LogP contribution is 2.34. The van der Waals surface area contributed by atoms with Crippen LogP contribution in [0.4, 0.5) is 29.1 Å². The number of unbranched alkanes of at least 4 members (excludes halogenated alkanes) is 1. The number of rotatable bonds is 39. The van der Waals surface area contributed by atoms with Gasteiger partial charge in [0.25, 0.3) is 0 Å². The summed E-state index contributed by atoms with van der Waals surface area (Å²) in [7, 11) is 4.84. The van der Waals surface area contributed by atoms with Crippen molar-refractivity contribution in [2.45, 2.75) is 194 Å². The van der Waals surface area contributed by atoms with E-state index in [0.29, 0.717) is 140 Å². The highest BCUT2D eigenvalue weighted by molar-refractivity contribution is 6.31. The molecule has 5 saturated heterocycles. The third-order valence-electron chi connectivity index (χ3n) is 28.3. The zero-order valence-corrected chi connectivity index (χ0v) is 86.6. The summed E-state index contributed by atoms with van der Waals surface area (Å²) in [4.78, 5) is 122. The lowest BCUT2D eigenvalue weighted by Crippen LogP contribution is -2.25. The van der Waals surface area contributed by atoms with Crippen molar-refractivity contribution in [3.63, 3.8) is 0 Å². The molecular formula is C106H137ClN30O13.